The molecule has 0 aromatic rings. The zero-order valence-electron chi connectivity index (χ0n) is 10.1. The molecule has 0 aromatic carbocycles. The quantitative estimate of drug-likeness (QED) is 0.695. The predicted octanol–water partition coefficient (Wildman–Crippen LogP) is 0.607. The lowest BCUT2D eigenvalue weighted by molar-refractivity contribution is -0.142. The molecule has 0 spiro atoms. The smallest absolute Gasteiger partial charge is 0.240 e. The fourth-order valence-corrected chi connectivity index (χ4v) is 1.60. The van der Waals surface area contributed by atoms with Gasteiger partial charge in [0.05, 0.1) is 25.3 Å². The van der Waals surface area contributed by atoms with E-state index in [0.717, 1.165) is 0 Å². The molecule has 2 N–H and O–H groups in total. The summed E-state index contributed by atoms with van der Waals surface area (Å²) in [6, 6.07) is -0.294. The number of morpholine rings is 1. The summed E-state index contributed by atoms with van der Waals surface area (Å²) < 4.78 is 5.29. The van der Waals surface area contributed by atoms with Crippen LogP contribution in [0, 0.1) is 5.41 Å². The van der Waals surface area contributed by atoms with Gasteiger partial charge in [0.25, 0.3) is 0 Å². The fourth-order valence-electron chi connectivity index (χ4n) is 1.60. The van der Waals surface area contributed by atoms with Gasteiger partial charge in [0.2, 0.25) is 5.91 Å². The highest BCUT2D eigenvalue weighted by Gasteiger charge is 2.34. The standard InChI is InChI=1S/C11H22N2O2/c1-8-7-15-6-5-13(8)10(14)9(12)11(2,3)4/h8-9H,5-7,12H2,1-4H3. The molecule has 0 aliphatic carbocycles. The number of nitrogens with zero attached hydrogens (tertiary/aromatic N) is 1. The number of hydrogen-bond acceptors (Lipinski definition) is 3. The van der Waals surface area contributed by atoms with Gasteiger partial charge in [0, 0.05) is 6.54 Å². The van der Waals surface area contributed by atoms with Crippen molar-refractivity contribution in [1.82, 2.24) is 4.90 Å². The van der Waals surface area contributed by atoms with E-state index in [-0.39, 0.29) is 17.4 Å². The van der Waals surface area contributed by atoms with Gasteiger partial charge in [-0.3, -0.25) is 4.79 Å². The highest BCUT2D eigenvalue weighted by atomic mass is 16.5. The van der Waals surface area contributed by atoms with Crippen molar-refractivity contribution >= 4 is 5.91 Å². The Morgan fingerprint density at radius 3 is 2.60 bits per heavy atom. The van der Waals surface area contributed by atoms with Crippen LogP contribution in [0.25, 0.3) is 0 Å². The maximum absolute atomic E-state index is 12.1. The van der Waals surface area contributed by atoms with Crippen molar-refractivity contribution in [2.45, 2.75) is 39.8 Å². The van der Waals surface area contributed by atoms with E-state index in [1.165, 1.54) is 0 Å². The van der Waals surface area contributed by atoms with E-state index in [2.05, 4.69) is 0 Å². The Labute approximate surface area is 91.8 Å². The molecule has 15 heavy (non-hydrogen) atoms. The van der Waals surface area contributed by atoms with Crippen LogP contribution in [0.3, 0.4) is 0 Å². The highest BCUT2D eigenvalue weighted by Crippen LogP contribution is 2.20. The molecule has 1 rings (SSSR count). The lowest BCUT2D eigenvalue weighted by Crippen LogP contribution is -2.56. The third kappa shape index (κ3) is 2.92. The monoisotopic (exact) mass is 214 g/mol. The van der Waals surface area contributed by atoms with Crippen molar-refractivity contribution in [2.24, 2.45) is 11.1 Å². The van der Waals surface area contributed by atoms with Crippen LogP contribution >= 0.6 is 0 Å². The van der Waals surface area contributed by atoms with Crippen LogP contribution in [0.5, 0.6) is 0 Å². The zero-order valence-corrected chi connectivity index (χ0v) is 10.1. The number of nitrogens with two attached hydrogens (primary N) is 1. The molecule has 1 amide bonds. The first-order chi connectivity index (χ1) is 6.84. The van der Waals surface area contributed by atoms with Crippen LogP contribution in [0.4, 0.5) is 0 Å². The zero-order chi connectivity index (χ0) is 11.6. The third-order valence-corrected chi connectivity index (χ3v) is 2.85. The molecule has 1 aliphatic rings. The van der Waals surface area contributed by atoms with E-state index in [0.29, 0.717) is 19.8 Å². The molecule has 2 unspecified atom stereocenters. The van der Waals surface area contributed by atoms with Gasteiger partial charge in [-0.15, -0.1) is 0 Å². The van der Waals surface area contributed by atoms with Crippen molar-refractivity contribution in [3.05, 3.63) is 0 Å². The Balaban J connectivity index is 2.66. The number of carbonyl (C=O) groups is 1. The highest BCUT2D eigenvalue weighted by molar-refractivity contribution is 5.82. The Bertz CT molecular complexity index is 235. The van der Waals surface area contributed by atoms with Crippen molar-refractivity contribution in [3.63, 3.8) is 0 Å². The molecular weight excluding hydrogens is 192 g/mol. The number of rotatable bonds is 1. The molecular formula is C11H22N2O2. The summed E-state index contributed by atoms with van der Waals surface area (Å²) in [6.07, 6.45) is 0. The largest absolute Gasteiger partial charge is 0.377 e. The van der Waals surface area contributed by atoms with Crippen LogP contribution in [0.1, 0.15) is 27.7 Å². The van der Waals surface area contributed by atoms with Crippen molar-refractivity contribution in [2.75, 3.05) is 19.8 Å². The summed E-state index contributed by atoms with van der Waals surface area (Å²) >= 11 is 0. The lowest BCUT2D eigenvalue weighted by Gasteiger charge is -2.38. The second kappa shape index (κ2) is 4.49. The summed E-state index contributed by atoms with van der Waals surface area (Å²) in [5.74, 6) is 0.0401. The summed E-state index contributed by atoms with van der Waals surface area (Å²) in [5.41, 5.74) is 5.77. The first-order valence-corrected chi connectivity index (χ1v) is 5.48. The minimum Gasteiger partial charge on any atom is -0.377 e. The molecule has 2 atom stereocenters. The first kappa shape index (κ1) is 12.5. The Morgan fingerprint density at radius 1 is 1.53 bits per heavy atom. The van der Waals surface area contributed by atoms with E-state index in [1.54, 1.807) is 0 Å². The van der Waals surface area contributed by atoms with Gasteiger partial charge in [-0.05, 0) is 12.3 Å². The number of ether oxygens (including phenoxy) is 1. The minimum atomic E-state index is -0.432. The minimum absolute atomic E-state index is 0.0401. The SMILES string of the molecule is CC1COCCN1C(=O)C(N)C(C)(C)C. The second-order valence-electron chi connectivity index (χ2n) is 5.30. The number of hydrogen-bond donors (Lipinski definition) is 1. The van der Waals surface area contributed by atoms with E-state index in [9.17, 15) is 4.79 Å². The van der Waals surface area contributed by atoms with E-state index >= 15 is 0 Å². The van der Waals surface area contributed by atoms with Gasteiger partial charge in [-0.25, -0.2) is 0 Å². The number of carbonyl (C=O) groups excluding carboxylic acids is 1. The maximum atomic E-state index is 12.1. The molecule has 4 heteroatoms. The first-order valence-electron chi connectivity index (χ1n) is 5.48. The molecule has 0 saturated carbocycles. The molecule has 0 bridgehead atoms. The van der Waals surface area contributed by atoms with Gasteiger partial charge in [-0.1, -0.05) is 20.8 Å². The van der Waals surface area contributed by atoms with Crippen LogP contribution in [-0.2, 0) is 9.53 Å². The molecule has 1 aliphatic heterocycles. The fraction of sp³-hybridized carbons (Fsp3) is 0.909. The summed E-state index contributed by atoms with van der Waals surface area (Å²) in [6.45, 7) is 9.84. The summed E-state index contributed by atoms with van der Waals surface area (Å²) in [5, 5.41) is 0. The maximum Gasteiger partial charge on any atom is 0.240 e. The van der Waals surface area contributed by atoms with Gasteiger partial charge in [-0.2, -0.15) is 0 Å². The van der Waals surface area contributed by atoms with Crippen molar-refractivity contribution in [1.29, 1.82) is 0 Å². The topological polar surface area (TPSA) is 55.6 Å². The number of amides is 1. The van der Waals surface area contributed by atoms with Crippen LogP contribution < -0.4 is 5.73 Å². The van der Waals surface area contributed by atoms with E-state index < -0.39 is 6.04 Å². The Morgan fingerprint density at radius 2 is 2.13 bits per heavy atom. The Hall–Kier alpha value is -0.610. The van der Waals surface area contributed by atoms with Crippen molar-refractivity contribution in [3.8, 4) is 0 Å². The molecule has 1 saturated heterocycles. The molecule has 0 radical (unpaired) electrons. The van der Waals surface area contributed by atoms with Crippen LogP contribution in [0.15, 0.2) is 0 Å². The van der Waals surface area contributed by atoms with Gasteiger partial charge in [0.1, 0.15) is 0 Å². The molecule has 88 valence electrons. The Kier molecular flexibility index (Phi) is 3.73. The normalized spacial score (nSPS) is 25.1. The molecule has 1 heterocycles. The summed E-state index contributed by atoms with van der Waals surface area (Å²) in [7, 11) is 0. The predicted molar refractivity (Wildman–Crippen MR) is 59.4 cm³/mol. The van der Waals surface area contributed by atoms with E-state index in [4.69, 9.17) is 10.5 Å². The average molecular weight is 214 g/mol. The van der Waals surface area contributed by atoms with Crippen LogP contribution in [-0.4, -0.2) is 42.6 Å². The van der Waals surface area contributed by atoms with Crippen molar-refractivity contribution < 1.29 is 9.53 Å². The second-order valence-corrected chi connectivity index (χ2v) is 5.30. The van der Waals surface area contributed by atoms with E-state index in [1.807, 2.05) is 32.6 Å². The average Bonchev–Trinajstić information content (AvgIpc) is 2.15. The lowest BCUT2D eigenvalue weighted by atomic mass is 9.86. The van der Waals surface area contributed by atoms with Gasteiger partial charge in [0.15, 0.2) is 0 Å². The third-order valence-electron chi connectivity index (χ3n) is 2.85. The summed E-state index contributed by atoms with van der Waals surface area (Å²) in [4.78, 5) is 13.9. The van der Waals surface area contributed by atoms with Gasteiger partial charge < -0.3 is 15.4 Å². The molecule has 4 nitrogen and oxygen atoms in total. The molecule has 0 aromatic heterocycles. The van der Waals surface area contributed by atoms with Gasteiger partial charge >= 0.3 is 0 Å². The van der Waals surface area contributed by atoms with Crippen LogP contribution in [0.2, 0.25) is 0 Å². The molecule has 1 fully saturated rings.